The number of hydrogen-bond acceptors (Lipinski definition) is 2. The van der Waals surface area contributed by atoms with Crippen LogP contribution in [0.15, 0.2) is 22.7 Å². The van der Waals surface area contributed by atoms with Crippen LogP contribution in [0.4, 0.5) is 0 Å². The maximum atomic E-state index is 6.39. The second-order valence-corrected chi connectivity index (χ2v) is 6.50. The predicted molar refractivity (Wildman–Crippen MR) is 85.8 cm³/mol. The molecule has 1 fully saturated rings. The minimum atomic E-state index is 0.357. The van der Waals surface area contributed by atoms with Crippen molar-refractivity contribution in [2.24, 2.45) is 0 Å². The molecule has 0 aromatic heterocycles. The third-order valence-electron chi connectivity index (χ3n) is 4.02. The van der Waals surface area contributed by atoms with Crippen LogP contribution in [0.2, 0.25) is 5.02 Å². The van der Waals surface area contributed by atoms with Crippen molar-refractivity contribution in [3.05, 3.63) is 33.3 Å². The number of halogens is 2. The van der Waals surface area contributed by atoms with Crippen LogP contribution in [0.1, 0.15) is 38.3 Å². The third kappa shape index (κ3) is 3.72. The summed E-state index contributed by atoms with van der Waals surface area (Å²) in [5, 5.41) is 4.35. The number of piperidine rings is 1. The molecular formula is C15H22BrClN2. The molecule has 1 aliphatic heterocycles. The molecular weight excluding hydrogens is 324 g/mol. The van der Waals surface area contributed by atoms with Gasteiger partial charge in [0.2, 0.25) is 0 Å². The van der Waals surface area contributed by atoms with Crippen LogP contribution in [0.3, 0.4) is 0 Å². The summed E-state index contributed by atoms with van der Waals surface area (Å²) in [4.78, 5) is 2.56. The lowest BCUT2D eigenvalue weighted by Gasteiger charge is -2.38. The van der Waals surface area contributed by atoms with Crippen molar-refractivity contribution in [1.82, 2.24) is 10.2 Å². The quantitative estimate of drug-likeness (QED) is 0.878. The van der Waals surface area contributed by atoms with Gasteiger partial charge in [0.1, 0.15) is 0 Å². The smallest absolute Gasteiger partial charge is 0.0464 e. The second kappa shape index (κ2) is 7.07. The van der Waals surface area contributed by atoms with Crippen molar-refractivity contribution in [3.8, 4) is 0 Å². The zero-order valence-electron chi connectivity index (χ0n) is 11.6. The Labute approximate surface area is 129 Å². The van der Waals surface area contributed by atoms with Gasteiger partial charge in [-0.2, -0.15) is 0 Å². The van der Waals surface area contributed by atoms with Gasteiger partial charge in [-0.25, -0.2) is 0 Å². The maximum Gasteiger partial charge on any atom is 0.0464 e. The highest BCUT2D eigenvalue weighted by atomic mass is 79.9. The van der Waals surface area contributed by atoms with Crippen molar-refractivity contribution in [1.29, 1.82) is 0 Å². The average Bonchev–Trinajstić information content (AvgIpc) is 2.40. The average molecular weight is 346 g/mol. The molecule has 0 bridgehead atoms. The minimum Gasteiger partial charge on any atom is -0.315 e. The van der Waals surface area contributed by atoms with Gasteiger partial charge in [-0.15, -0.1) is 0 Å². The number of rotatable bonds is 4. The first-order chi connectivity index (χ1) is 9.13. The zero-order chi connectivity index (χ0) is 13.8. The lowest BCUT2D eigenvalue weighted by molar-refractivity contribution is 0.128. The van der Waals surface area contributed by atoms with E-state index in [2.05, 4.69) is 52.1 Å². The minimum absolute atomic E-state index is 0.357. The number of hydrogen-bond donors (Lipinski definition) is 1. The SMILES string of the molecule is CCN(C1CCCNC1)C(C)c1ccc(Br)cc1Cl. The molecule has 0 spiro atoms. The standard InChI is InChI=1S/C15H22BrClN2/c1-3-19(13-5-4-8-18-10-13)11(2)14-7-6-12(16)9-15(14)17/h6-7,9,11,13,18H,3-5,8,10H2,1-2H3. The summed E-state index contributed by atoms with van der Waals surface area (Å²) in [6, 6.07) is 7.17. The molecule has 4 heteroatoms. The van der Waals surface area contributed by atoms with Gasteiger partial charge in [0.05, 0.1) is 0 Å². The molecule has 2 rings (SSSR count). The number of nitrogens with zero attached hydrogens (tertiary/aromatic N) is 1. The van der Waals surface area contributed by atoms with Crippen molar-refractivity contribution >= 4 is 27.5 Å². The number of likely N-dealkylation sites (N-methyl/N-ethyl adjacent to an activating group) is 1. The van der Waals surface area contributed by atoms with Crippen LogP contribution < -0.4 is 5.32 Å². The largest absolute Gasteiger partial charge is 0.315 e. The van der Waals surface area contributed by atoms with E-state index >= 15 is 0 Å². The molecule has 106 valence electrons. The summed E-state index contributed by atoms with van der Waals surface area (Å²) in [5.74, 6) is 0. The lowest BCUT2D eigenvalue weighted by atomic mass is 10.0. The van der Waals surface area contributed by atoms with E-state index in [-0.39, 0.29) is 0 Å². The van der Waals surface area contributed by atoms with Crippen LogP contribution in [0.25, 0.3) is 0 Å². The van der Waals surface area contributed by atoms with E-state index < -0.39 is 0 Å². The molecule has 1 aromatic rings. The molecule has 1 saturated heterocycles. The molecule has 1 aromatic carbocycles. The van der Waals surface area contributed by atoms with E-state index in [0.717, 1.165) is 29.1 Å². The van der Waals surface area contributed by atoms with E-state index in [1.165, 1.54) is 18.4 Å². The highest BCUT2D eigenvalue weighted by molar-refractivity contribution is 9.10. The predicted octanol–water partition coefficient (Wildman–Crippen LogP) is 4.24. The first kappa shape index (κ1) is 15.3. The molecule has 1 N–H and O–H groups in total. The normalized spacial score (nSPS) is 21.6. The summed E-state index contributed by atoms with van der Waals surface area (Å²) in [7, 11) is 0. The van der Waals surface area contributed by atoms with Crippen LogP contribution in [0, 0.1) is 0 Å². The fourth-order valence-corrected chi connectivity index (χ4v) is 3.82. The Bertz CT molecular complexity index is 419. The van der Waals surface area contributed by atoms with E-state index in [9.17, 15) is 0 Å². The highest BCUT2D eigenvalue weighted by Crippen LogP contribution is 2.31. The summed E-state index contributed by atoms with van der Waals surface area (Å²) in [5.41, 5.74) is 1.22. The Morgan fingerprint density at radius 2 is 2.32 bits per heavy atom. The topological polar surface area (TPSA) is 15.3 Å². The fourth-order valence-electron chi connectivity index (χ4n) is 2.98. The molecule has 0 amide bonds. The van der Waals surface area contributed by atoms with Gasteiger partial charge in [-0.3, -0.25) is 4.90 Å². The number of benzene rings is 1. The van der Waals surface area contributed by atoms with Crippen LogP contribution in [-0.4, -0.2) is 30.6 Å². The number of nitrogens with one attached hydrogen (secondary N) is 1. The molecule has 0 radical (unpaired) electrons. The van der Waals surface area contributed by atoms with E-state index in [1.807, 2.05) is 6.07 Å². The molecule has 1 aliphatic rings. The van der Waals surface area contributed by atoms with Gasteiger partial charge in [0, 0.05) is 28.1 Å². The Kier molecular flexibility index (Phi) is 5.70. The van der Waals surface area contributed by atoms with E-state index in [1.54, 1.807) is 0 Å². The van der Waals surface area contributed by atoms with Gasteiger partial charge in [0.15, 0.2) is 0 Å². The maximum absolute atomic E-state index is 6.39. The van der Waals surface area contributed by atoms with Gasteiger partial charge in [-0.1, -0.05) is 40.5 Å². The molecule has 2 atom stereocenters. The monoisotopic (exact) mass is 344 g/mol. The highest BCUT2D eigenvalue weighted by Gasteiger charge is 2.25. The van der Waals surface area contributed by atoms with Crippen LogP contribution >= 0.6 is 27.5 Å². The van der Waals surface area contributed by atoms with E-state index in [0.29, 0.717) is 12.1 Å². The van der Waals surface area contributed by atoms with Gasteiger partial charge in [0.25, 0.3) is 0 Å². The van der Waals surface area contributed by atoms with Crippen LogP contribution in [-0.2, 0) is 0 Å². The summed E-state index contributed by atoms with van der Waals surface area (Å²) in [6.45, 7) is 7.79. The molecule has 2 nitrogen and oxygen atoms in total. The summed E-state index contributed by atoms with van der Waals surface area (Å²) >= 11 is 9.86. The molecule has 1 heterocycles. The molecule has 0 saturated carbocycles. The zero-order valence-corrected chi connectivity index (χ0v) is 14.0. The lowest BCUT2D eigenvalue weighted by Crippen LogP contribution is -2.46. The Hall–Kier alpha value is -0.0900. The third-order valence-corrected chi connectivity index (χ3v) is 4.84. The Balaban J connectivity index is 2.17. The van der Waals surface area contributed by atoms with Gasteiger partial charge in [-0.05, 0) is 50.6 Å². The summed E-state index contributed by atoms with van der Waals surface area (Å²) < 4.78 is 1.04. The Morgan fingerprint density at radius 1 is 1.53 bits per heavy atom. The summed E-state index contributed by atoms with van der Waals surface area (Å²) in [6.07, 6.45) is 2.54. The van der Waals surface area contributed by atoms with Crippen molar-refractivity contribution in [2.75, 3.05) is 19.6 Å². The second-order valence-electron chi connectivity index (χ2n) is 5.17. The molecule has 19 heavy (non-hydrogen) atoms. The van der Waals surface area contributed by atoms with Crippen molar-refractivity contribution in [2.45, 2.75) is 38.8 Å². The van der Waals surface area contributed by atoms with Gasteiger partial charge < -0.3 is 5.32 Å². The Morgan fingerprint density at radius 3 is 2.89 bits per heavy atom. The van der Waals surface area contributed by atoms with Crippen LogP contribution in [0.5, 0.6) is 0 Å². The van der Waals surface area contributed by atoms with E-state index in [4.69, 9.17) is 11.6 Å². The first-order valence-electron chi connectivity index (χ1n) is 7.05. The molecule has 2 unspecified atom stereocenters. The first-order valence-corrected chi connectivity index (χ1v) is 8.22. The van der Waals surface area contributed by atoms with Crippen molar-refractivity contribution < 1.29 is 0 Å². The molecule has 0 aliphatic carbocycles. The fraction of sp³-hybridized carbons (Fsp3) is 0.600. The van der Waals surface area contributed by atoms with Gasteiger partial charge >= 0.3 is 0 Å². The van der Waals surface area contributed by atoms with Crippen molar-refractivity contribution in [3.63, 3.8) is 0 Å².